The number of unbranched alkanes of at least 4 members (excludes halogenated alkanes) is 3. The smallest absolute Gasteiger partial charge is 0.119 e. The zero-order valence-electron chi connectivity index (χ0n) is 77.1. The molecule has 5 nitrogen and oxygen atoms in total. The van der Waals surface area contributed by atoms with Crippen LogP contribution in [0.25, 0.3) is 0 Å². The van der Waals surface area contributed by atoms with E-state index in [-0.39, 0.29) is 0 Å². The molecule has 0 amide bonds. The van der Waals surface area contributed by atoms with Gasteiger partial charge in [-0.1, -0.05) is 259 Å². The maximum atomic E-state index is 5.76. The first kappa shape index (κ1) is 94.7. The van der Waals surface area contributed by atoms with E-state index in [1.165, 1.54) is 169 Å². The summed E-state index contributed by atoms with van der Waals surface area (Å²) in [7, 11) is 1.68. The van der Waals surface area contributed by atoms with Gasteiger partial charge in [0.1, 0.15) is 28.7 Å². The van der Waals surface area contributed by atoms with Gasteiger partial charge in [0.25, 0.3) is 0 Å². The Morgan fingerprint density at radius 1 is 0.200 bits per heavy atom. The monoisotopic (exact) mass is 1660 g/mol. The Labute approximate surface area is 754 Å². The third-order valence-corrected chi connectivity index (χ3v) is 25.8. The molecule has 10 aromatic carbocycles. The largest absolute Gasteiger partial charge is 0.497 e. The molecule has 5 fully saturated rings. The van der Waals surface area contributed by atoms with Crippen LogP contribution >= 0.6 is 0 Å². The molecular weight excluding hydrogens is 1520 g/mol. The first-order valence-corrected chi connectivity index (χ1v) is 47.9. The second kappa shape index (κ2) is 52.7. The lowest BCUT2D eigenvalue weighted by atomic mass is 9.79. The molecule has 0 atom stereocenters. The summed E-state index contributed by atoms with van der Waals surface area (Å²) in [4.78, 5) is 0. The van der Waals surface area contributed by atoms with Crippen LogP contribution in [0.15, 0.2) is 243 Å². The minimum atomic E-state index is 0.692. The predicted molar refractivity (Wildman–Crippen MR) is 525 cm³/mol. The second-order valence-corrected chi connectivity index (χ2v) is 36.0. The van der Waals surface area contributed by atoms with E-state index in [9.17, 15) is 0 Å². The normalized spacial score (nSPS) is 19.8. The summed E-state index contributed by atoms with van der Waals surface area (Å²) in [5.41, 5.74) is 17.9. The van der Waals surface area contributed by atoms with E-state index in [0.29, 0.717) is 6.61 Å². The molecule has 0 aromatic heterocycles. The molecule has 5 aliphatic rings. The maximum Gasteiger partial charge on any atom is 0.119 e. The zero-order chi connectivity index (χ0) is 87.4. The van der Waals surface area contributed by atoms with Gasteiger partial charge >= 0.3 is 0 Å². The van der Waals surface area contributed by atoms with Gasteiger partial charge in [-0.15, -0.1) is 0 Å². The van der Waals surface area contributed by atoms with Crippen LogP contribution < -0.4 is 23.7 Å². The highest BCUT2D eigenvalue weighted by atomic mass is 16.5. The fourth-order valence-corrected chi connectivity index (χ4v) is 17.4. The number of hydrogen-bond acceptors (Lipinski definition) is 5. The second-order valence-electron chi connectivity index (χ2n) is 36.0. The van der Waals surface area contributed by atoms with E-state index >= 15 is 0 Å². The van der Waals surface area contributed by atoms with Gasteiger partial charge in [0.15, 0.2) is 0 Å². The highest BCUT2D eigenvalue weighted by molar-refractivity contribution is 5.51. The van der Waals surface area contributed by atoms with E-state index in [1.54, 1.807) is 7.11 Å². The van der Waals surface area contributed by atoms with Crippen molar-refractivity contribution in [1.29, 1.82) is 0 Å². The fraction of sp³-hybridized carbons (Fsp3) is 0.417. The molecule has 5 aliphatic carbocycles. The van der Waals surface area contributed by atoms with E-state index in [0.717, 1.165) is 189 Å². The molecule has 15 rings (SSSR count). The number of hydrogen-bond donors (Lipinski definition) is 0. The topological polar surface area (TPSA) is 46.2 Å². The third-order valence-electron chi connectivity index (χ3n) is 25.8. The molecule has 0 heterocycles. The Bertz CT molecular complexity index is 5060. The molecule has 0 N–H and O–H groups in total. The van der Waals surface area contributed by atoms with Crippen molar-refractivity contribution in [3.05, 3.63) is 326 Å². The molecule has 5 heteroatoms. The van der Waals surface area contributed by atoms with Gasteiger partial charge in [-0.25, -0.2) is 0 Å². The van der Waals surface area contributed by atoms with Crippen LogP contribution in [-0.4, -0.2) is 33.5 Å². The molecule has 0 radical (unpaired) electrons. The average Bonchev–Trinajstić information content (AvgIpc) is 0.866. The van der Waals surface area contributed by atoms with Crippen LogP contribution in [0, 0.1) is 88.8 Å². The SMILES string of the molecule is CCCCCOc1ccc(C#Cc2ccc([C@H]3CC[C@H](C)CC3)cc2)cc1.CCCCOc1ccc(C#Cc2ccc([C@H]3CC[C@H](C)CC3)cc2)cc1.CCCOc1ccc(C#Cc2ccc([C@H]3CC[C@H](C)CC3)cc2)cc1.CCOc1ccc(C#Cc2ccc([C@H]3CC[C@H](C)CC3)cc2)cc1.COc1ccc(C#Cc2ccc([C@H]3CC[C@H](C)CC3)cc2)cc1. The first-order chi connectivity index (χ1) is 61.2. The number of methoxy groups -OCH3 is 1. The van der Waals surface area contributed by atoms with E-state index < -0.39 is 0 Å². The first-order valence-electron chi connectivity index (χ1n) is 47.9. The summed E-state index contributed by atoms with van der Waals surface area (Å²) in [6, 6.07) is 84.4. The maximum absolute atomic E-state index is 5.76. The molecule has 650 valence electrons. The average molecular weight is 1660 g/mol. The van der Waals surface area contributed by atoms with Crippen LogP contribution in [0.5, 0.6) is 28.7 Å². The van der Waals surface area contributed by atoms with Gasteiger partial charge in [-0.3, -0.25) is 0 Å². The van der Waals surface area contributed by atoms with Crippen LogP contribution in [0.2, 0.25) is 0 Å². The molecule has 0 saturated heterocycles. The molecule has 0 bridgehead atoms. The van der Waals surface area contributed by atoms with E-state index in [2.05, 4.69) is 236 Å². The Morgan fingerprint density at radius 2 is 0.384 bits per heavy atom. The Balaban J connectivity index is 0.000000152. The molecule has 125 heavy (non-hydrogen) atoms. The molecule has 5 saturated carbocycles. The van der Waals surface area contributed by atoms with Crippen molar-refractivity contribution in [2.75, 3.05) is 33.5 Å². The van der Waals surface area contributed by atoms with Crippen LogP contribution in [-0.2, 0) is 0 Å². The lowest BCUT2D eigenvalue weighted by Gasteiger charge is -2.26. The summed E-state index contributed by atoms with van der Waals surface area (Å²) in [5, 5.41) is 0. The van der Waals surface area contributed by atoms with Crippen LogP contribution in [0.4, 0.5) is 0 Å². The van der Waals surface area contributed by atoms with Crippen molar-refractivity contribution in [3.8, 4) is 88.0 Å². The number of ether oxygens (including phenoxy) is 5. The Morgan fingerprint density at radius 3 is 0.576 bits per heavy atom. The minimum Gasteiger partial charge on any atom is -0.497 e. The van der Waals surface area contributed by atoms with Crippen LogP contribution in [0.3, 0.4) is 0 Å². The van der Waals surface area contributed by atoms with E-state index in [1.807, 2.05) is 128 Å². The summed E-state index contributed by atoms with van der Waals surface area (Å²) in [6.07, 6.45) is 33.8. The minimum absolute atomic E-state index is 0.692. The van der Waals surface area contributed by atoms with Crippen molar-refractivity contribution in [2.24, 2.45) is 29.6 Å². The highest BCUT2D eigenvalue weighted by Gasteiger charge is 2.24. The van der Waals surface area contributed by atoms with Gasteiger partial charge < -0.3 is 23.7 Å². The quantitative estimate of drug-likeness (QED) is 0.0562. The van der Waals surface area contributed by atoms with Gasteiger partial charge in [-0.2, -0.15) is 0 Å². The lowest BCUT2D eigenvalue weighted by Crippen LogP contribution is -2.10. The Kier molecular flexibility index (Phi) is 39.9. The van der Waals surface area contributed by atoms with Gasteiger partial charge in [0, 0.05) is 55.6 Å². The molecule has 10 aromatic rings. The summed E-state index contributed by atoms with van der Waals surface area (Å²) < 4.78 is 27.7. The molecule has 0 spiro atoms. The fourth-order valence-electron chi connectivity index (χ4n) is 17.4. The molecule has 0 unspecified atom stereocenters. The highest BCUT2D eigenvalue weighted by Crippen LogP contribution is 2.40. The van der Waals surface area contributed by atoms with Crippen molar-refractivity contribution in [1.82, 2.24) is 0 Å². The third kappa shape index (κ3) is 33.5. The summed E-state index contributed by atoms with van der Waals surface area (Å²) >= 11 is 0. The number of benzene rings is 10. The summed E-state index contributed by atoms with van der Waals surface area (Å²) in [5.74, 6) is 45.3. The molecular formula is C120H140O5. The van der Waals surface area contributed by atoms with Crippen molar-refractivity contribution in [2.45, 2.75) is 259 Å². The van der Waals surface area contributed by atoms with Crippen molar-refractivity contribution >= 4 is 0 Å². The van der Waals surface area contributed by atoms with Crippen LogP contribution in [0.1, 0.15) is 342 Å². The van der Waals surface area contributed by atoms with Gasteiger partial charge in [0.2, 0.25) is 0 Å². The molecule has 0 aliphatic heterocycles. The van der Waals surface area contributed by atoms with Gasteiger partial charge in [0.05, 0.1) is 33.5 Å². The summed E-state index contributed by atoms with van der Waals surface area (Å²) in [6.45, 7) is 23.4. The van der Waals surface area contributed by atoms with Gasteiger partial charge in [-0.05, 0) is 359 Å². The van der Waals surface area contributed by atoms with Crippen molar-refractivity contribution < 1.29 is 23.7 Å². The Hall–Kier alpha value is -11.0. The zero-order valence-corrected chi connectivity index (χ0v) is 77.1. The van der Waals surface area contributed by atoms with Crippen molar-refractivity contribution in [3.63, 3.8) is 0 Å². The predicted octanol–water partition coefficient (Wildman–Crippen LogP) is 30.8. The lowest BCUT2D eigenvalue weighted by molar-refractivity contribution is 0.306. The van der Waals surface area contributed by atoms with E-state index in [4.69, 9.17) is 23.7 Å². The number of rotatable bonds is 20. The standard InChI is InChI=1S/C26H32O.C25H30O.C24H28O.C23H26O.C22H24O/c1-3-4-5-20-27-26-18-12-23(13-19-26)9-8-22-10-16-25(17-11-22)24-14-6-21(2)7-15-24;1-3-4-19-26-25-17-11-22(12-18-25)8-7-21-9-15-24(16-10-21)23-13-5-20(2)6-14-23;1-3-18-25-24-16-10-21(11-17-24)7-6-20-8-14-23(15-9-20)22-12-4-19(2)5-13-22;1-3-24-23-16-10-20(11-17-23)7-6-19-8-14-22(15-9-19)21-12-4-18(2)5-13-21;1-17-3-11-20(12-4-17)21-13-7-18(8-14-21)5-6-19-9-15-22(23-2)16-10-19/h10-13,16-19,21,24H,3-7,14-15,20H2,1-2H3;9-12,15-18,20,23H,3-6,13-14,19H2,1-2H3;8-11,14-17,19,22H,3-5,12-13,18H2,1-2H3;8-11,14-18,21H,3-5,12-13H2,1-2H3;7-10,13-17,20H,3-4,11-12H2,1-2H3/t21-,24-;20-,23-;19-,22-;18-,21-;17-,20-.